The average molecular weight is 421 g/mol. The van der Waals surface area contributed by atoms with Gasteiger partial charge in [0.2, 0.25) is 0 Å². The van der Waals surface area contributed by atoms with Crippen molar-refractivity contribution in [1.82, 2.24) is 29.6 Å². The molecule has 3 atom stereocenters. The van der Waals surface area contributed by atoms with Crippen LogP contribution in [0.25, 0.3) is 11.4 Å². The van der Waals surface area contributed by atoms with E-state index in [-0.39, 0.29) is 17.6 Å². The van der Waals surface area contributed by atoms with E-state index in [1.165, 1.54) is 6.33 Å². The van der Waals surface area contributed by atoms with Gasteiger partial charge in [0.1, 0.15) is 12.7 Å². The number of nitrogens with zero attached hydrogens (tertiary/aromatic N) is 6. The third-order valence-electron chi connectivity index (χ3n) is 6.39. The standard InChI is InChI=1S/C22H24FN7O/c1-14-5-18-8-22(7-14,11-29-13-24-12-27-29)30(18)21(31)28-17-4-3-15(2)19(6-17)20-25-9-16(23)10-26-20/h3-4,6,9-10,12-14,18H,5,7-8,11H2,1-2H3,(H,28,31)/t14-,18?,22?/m1/s1. The van der Waals surface area contributed by atoms with Crippen molar-refractivity contribution in [1.29, 1.82) is 0 Å². The van der Waals surface area contributed by atoms with E-state index >= 15 is 0 Å². The van der Waals surface area contributed by atoms with E-state index in [4.69, 9.17) is 0 Å². The molecule has 1 aromatic carbocycles. The predicted molar refractivity (Wildman–Crippen MR) is 113 cm³/mol. The highest BCUT2D eigenvalue weighted by Crippen LogP contribution is 2.50. The minimum absolute atomic E-state index is 0.113. The maximum atomic E-state index is 13.3. The molecule has 2 bridgehead atoms. The van der Waals surface area contributed by atoms with Crippen molar-refractivity contribution in [2.24, 2.45) is 5.92 Å². The quantitative estimate of drug-likeness (QED) is 0.695. The number of halogens is 1. The van der Waals surface area contributed by atoms with Crippen molar-refractivity contribution in [3.63, 3.8) is 0 Å². The number of carbonyl (C=O) groups is 1. The summed E-state index contributed by atoms with van der Waals surface area (Å²) in [7, 11) is 0. The number of nitrogens with one attached hydrogen (secondary N) is 1. The Bertz CT molecular complexity index is 1100. The zero-order valence-corrected chi connectivity index (χ0v) is 17.5. The minimum Gasteiger partial charge on any atom is -0.314 e. The molecule has 2 aliphatic rings. The van der Waals surface area contributed by atoms with Crippen LogP contribution < -0.4 is 5.32 Å². The molecule has 4 heterocycles. The van der Waals surface area contributed by atoms with Gasteiger partial charge in [0.05, 0.1) is 24.5 Å². The van der Waals surface area contributed by atoms with Gasteiger partial charge in [0.15, 0.2) is 11.6 Å². The van der Waals surface area contributed by atoms with Crippen LogP contribution in [-0.2, 0) is 6.54 Å². The number of hydrogen-bond donors (Lipinski definition) is 1. The molecule has 9 heteroatoms. The maximum absolute atomic E-state index is 13.3. The molecule has 2 saturated heterocycles. The van der Waals surface area contributed by atoms with E-state index in [0.29, 0.717) is 24.0 Å². The van der Waals surface area contributed by atoms with E-state index in [1.807, 2.05) is 34.7 Å². The molecule has 31 heavy (non-hydrogen) atoms. The summed E-state index contributed by atoms with van der Waals surface area (Å²) < 4.78 is 15.0. The summed E-state index contributed by atoms with van der Waals surface area (Å²) in [5.74, 6) is 0.502. The number of hydrogen-bond acceptors (Lipinski definition) is 5. The Morgan fingerprint density at radius 2 is 2.10 bits per heavy atom. The van der Waals surface area contributed by atoms with Crippen LogP contribution >= 0.6 is 0 Å². The maximum Gasteiger partial charge on any atom is 0.322 e. The van der Waals surface area contributed by atoms with Crippen molar-refractivity contribution in [3.8, 4) is 11.4 Å². The van der Waals surface area contributed by atoms with Gasteiger partial charge in [-0.25, -0.2) is 24.1 Å². The molecule has 2 aliphatic heterocycles. The number of benzene rings is 1. The Balaban J connectivity index is 1.38. The number of rotatable bonds is 4. The van der Waals surface area contributed by atoms with E-state index in [9.17, 15) is 9.18 Å². The number of aryl methyl sites for hydroxylation is 1. The summed E-state index contributed by atoms with van der Waals surface area (Å²) in [6, 6.07) is 5.73. The lowest BCUT2D eigenvalue weighted by Crippen LogP contribution is -2.73. The SMILES string of the molecule is Cc1ccc(NC(=O)N2C3C[C@@H](C)CC2(Cn2cncn2)C3)cc1-c1ncc(F)cn1. The van der Waals surface area contributed by atoms with Crippen LogP contribution in [0.1, 0.15) is 31.7 Å². The fraction of sp³-hybridized carbons (Fsp3) is 0.409. The molecule has 3 aromatic rings. The normalized spacial score (nSPS) is 24.5. The first-order valence-electron chi connectivity index (χ1n) is 10.4. The van der Waals surface area contributed by atoms with E-state index < -0.39 is 5.82 Å². The summed E-state index contributed by atoms with van der Waals surface area (Å²) in [5.41, 5.74) is 2.12. The fourth-order valence-electron chi connectivity index (χ4n) is 5.25. The number of urea groups is 1. The number of piperidine rings is 1. The third-order valence-corrected chi connectivity index (χ3v) is 6.39. The fourth-order valence-corrected chi connectivity index (χ4v) is 5.25. The number of carbonyl (C=O) groups excluding carboxylic acids is 1. The van der Waals surface area contributed by atoms with Gasteiger partial charge in [-0.15, -0.1) is 0 Å². The van der Waals surface area contributed by atoms with Crippen molar-refractivity contribution < 1.29 is 9.18 Å². The van der Waals surface area contributed by atoms with Gasteiger partial charge in [0.25, 0.3) is 0 Å². The number of aromatic nitrogens is 5. The Labute approximate surface area is 179 Å². The molecule has 0 saturated carbocycles. The van der Waals surface area contributed by atoms with Gasteiger partial charge in [-0.1, -0.05) is 13.0 Å². The van der Waals surface area contributed by atoms with E-state index in [2.05, 4.69) is 32.3 Å². The minimum atomic E-state index is -0.484. The molecular weight excluding hydrogens is 397 g/mol. The number of fused-ring (bicyclic) bond motifs is 2. The van der Waals surface area contributed by atoms with Crippen LogP contribution in [0.4, 0.5) is 14.9 Å². The predicted octanol–water partition coefficient (Wildman–Crippen LogP) is 3.66. The van der Waals surface area contributed by atoms with Gasteiger partial charge in [-0.05, 0) is 49.8 Å². The van der Waals surface area contributed by atoms with Crippen LogP contribution in [0, 0.1) is 18.7 Å². The summed E-state index contributed by atoms with van der Waals surface area (Å²) >= 11 is 0. The summed E-state index contributed by atoms with van der Waals surface area (Å²) in [4.78, 5) is 27.5. The molecular formula is C22H24FN7O. The molecule has 0 aliphatic carbocycles. The van der Waals surface area contributed by atoms with Crippen molar-refractivity contribution in [2.45, 2.75) is 51.2 Å². The molecule has 160 valence electrons. The third kappa shape index (κ3) is 3.54. The highest BCUT2D eigenvalue weighted by Gasteiger charge is 2.58. The molecule has 1 N–H and O–H groups in total. The molecule has 0 spiro atoms. The zero-order chi connectivity index (χ0) is 21.6. The van der Waals surface area contributed by atoms with Crippen LogP contribution in [0.2, 0.25) is 0 Å². The molecule has 2 fully saturated rings. The summed E-state index contributed by atoms with van der Waals surface area (Å²) in [5, 5.41) is 7.30. The number of anilines is 1. The monoisotopic (exact) mass is 421 g/mol. The van der Waals surface area contributed by atoms with Crippen LogP contribution in [0.3, 0.4) is 0 Å². The molecule has 2 amide bonds. The Hall–Kier alpha value is -3.36. The Morgan fingerprint density at radius 3 is 2.84 bits per heavy atom. The van der Waals surface area contributed by atoms with Crippen LogP contribution in [0.5, 0.6) is 0 Å². The summed E-state index contributed by atoms with van der Waals surface area (Å²) in [6.45, 7) is 4.82. The Kier molecular flexibility index (Phi) is 4.68. The molecule has 2 unspecified atom stereocenters. The topological polar surface area (TPSA) is 88.8 Å². The highest BCUT2D eigenvalue weighted by molar-refractivity contribution is 5.91. The molecule has 2 aromatic heterocycles. The molecule has 0 radical (unpaired) electrons. The second kappa shape index (κ2) is 7.40. The Morgan fingerprint density at radius 1 is 1.29 bits per heavy atom. The smallest absolute Gasteiger partial charge is 0.314 e. The van der Waals surface area contributed by atoms with Gasteiger partial charge in [-0.2, -0.15) is 5.10 Å². The highest BCUT2D eigenvalue weighted by atomic mass is 19.1. The van der Waals surface area contributed by atoms with E-state index in [0.717, 1.165) is 42.8 Å². The van der Waals surface area contributed by atoms with Crippen LogP contribution in [-0.4, -0.2) is 47.2 Å². The van der Waals surface area contributed by atoms with Gasteiger partial charge in [0, 0.05) is 17.3 Å². The van der Waals surface area contributed by atoms with Gasteiger partial charge < -0.3 is 10.2 Å². The van der Waals surface area contributed by atoms with Gasteiger partial charge in [-0.3, -0.25) is 4.68 Å². The first-order valence-corrected chi connectivity index (χ1v) is 10.4. The average Bonchev–Trinajstić information content (AvgIpc) is 3.22. The van der Waals surface area contributed by atoms with Crippen molar-refractivity contribution in [3.05, 3.63) is 54.6 Å². The van der Waals surface area contributed by atoms with Crippen molar-refractivity contribution in [2.75, 3.05) is 5.32 Å². The van der Waals surface area contributed by atoms with Crippen LogP contribution in [0.15, 0.2) is 43.2 Å². The second-order valence-corrected chi connectivity index (χ2v) is 8.78. The van der Waals surface area contributed by atoms with Gasteiger partial charge >= 0.3 is 6.03 Å². The lowest BCUT2D eigenvalue weighted by molar-refractivity contribution is -0.100. The first kappa shape index (κ1) is 19.6. The zero-order valence-electron chi connectivity index (χ0n) is 17.5. The number of amides is 2. The largest absolute Gasteiger partial charge is 0.322 e. The molecule has 8 nitrogen and oxygen atoms in total. The van der Waals surface area contributed by atoms with Crippen molar-refractivity contribution >= 4 is 11.7 Å². The molecule has 5 rings (SSSR count). The lowest BCUT2D eigenvalue weighted by Gasteiger charge is -2.63. The first-order chi connectivity index (χ1) is 14.9. The summed E-state index contributed by atoms with van der Waals surface area (Å²) in [6.07, 6.45) is 8.44. The van der Waals surface area contributed by atoms with E-state index in [1.54, 1.807) is 6.33 Å². The lowest BCUT2D eigenvalue weighted by atomic mass is 9.64. The second-order valence-electron chi connectivity index (χ2n) is 8.78.